The monoisotopic (exact) mass is 165 g/mol. The molecule has 0 aliphatic rings. The number of rotatable bonds is 1. The Hall–Kier alpha value is -1.78. The molecule has 0 saturated carbocycles. The Morgan fingerprint density at radius 2 is 1.83 bits per heavy atom. The van der Waals surface area contributed by atoms with Crippen LogP contribution in [-0.4, -0.2) is 10.3 Å². The van der Waals surface area contributed by atoms with Gasteiger partial charge >= 0.3 is 0 Å². The molecule has 0 aliphatic heterocycles. The van der Waals surface area contributed by atoms with Crippen LogP contribution in [-0.2, 0) is 0 Å². The minimum Gasteiger partial charge on any atom is -0.381 e. The summed E-state index contributed by atoms with van der Waals surface area (Å²) in [6.45, 7) is 1.83. The molecule has 0 spiro atoms. The Balaban J connectivity index is 2.43. The van der Waals surface area contributed by atoms with E-state index < -0.39 is 0 Å². The van der Waals surface area contributed by atoms with Crippen LogP contribution in [0, 0.1) is 6.92 Å². The van der Waals surface area contributed by atoms with Gasteiger partial charge in [-0.2, -0.15) is 0 Å². The van der Waals surface area contributed by atoms with Gasteiger partial charge in [-0.25, -0.2) is 0 Å². The maximum atomic E-state index is 5.36. The van der Waals surface area contributed by atoms with E-state index in [0.717, 1.165) is 5.69 Å². The van der Waals surface area contributed by atoms with Crippen LogP contribution in [0.5, 0.6) is 0 Å². The summed E-state index contributed by atoms with van der Waals surface area (Å²) < 4.78 is 9.78. The number of nitrogens with two attached hydrogens (primary N) is 1. The van der Waals surface area contributed by atoms with Crippen molar-refractivity contribution in [2.75, 3.05) is 5.73 Å². The summed E-state index contributed by atoms with van der Waals surface area (Å²) in [5.74, 6) is 1.36. The minimum absolute atomic E-state index is 0.332. The normalized spacial score (nSPS) is 10.4. The second-order valence-corrected chi connectivity index (χ2v) is 2.45. The highest BCUT2D eigenvalue weighted by atomic mass is 16.5. The predicted molar refractivity (Wildman–Crippen MR) is 41.1 cm³/mol. The number of aryl methyl sites for hydroxylation is 1. The Bertz CT molecular complexity index is 353. The highest BCUT2D eigenvalue weighted by Gasteiger charge is 2.09. The number of hydrogen-bond acceptors (Lipinski definition) is 5. The van der Waals surface area contributed by atoms with Gasteiger partial charge in [0.25, 0.3) is 0 Å². The Kier molecular flexibility index (Phi) is 1.36. The summed E-state index contributed by atoms with van der Waals surface area (Å²) in [5, 5.41) is 7.22. The minimum atomic E-state index is 0.332. The average molecular weight is 165 g/mol. The van der Waals surface area contributed by atoms with E-state index >= 15 is 0 Å². The number of nitrogen functional groups attached to an aromatic ring is 1. The van der Waals surface area contributed by atoms with Gasteiger partial charge in [0, 0.05) is 12.1 Å². The first-order valence-electron chi connectivity index (χ1n) is 3.41. The summed E-state index contributed by atoms with van der Waals surface area (Å²) in [5.41, 5.74) is 6.15. The average Bonchev–Trinajstić information content (AvgIpc) is 2.58. The zero-order valence-electron chi connectivity index (χ0n) is 6.44. The molecule has 12 heavy (non-hydrogen) atoms. The van der Waals surface area contributed by atoms with E-state index in [-0.39, 0.29) is 0 Å². The van der Waals surface area contributed by atoms with Gasteiger partial charge in [0.1, 0.15) is 0 Å². The fourth-order valence-electron chi connectivity index (χ4n) is 0.885. The molecular weight excluding hydrogens is 158 g/mol. The highest BCUT2D eigenvalue weighted by molar-refractivity contribution is 5.53. The first-order chi connectivity index (χ1) is 5.75. The molecule has 5 heteroatoms. The lowest BCUT2D eigenvalue weighted by Gasteiger charge is -1.80. The molecule has 0 radical (unpaired) electrons. The van der Waals surface area contributed by atoms with Crippen molar-refractivity contribution in [2.24, 2.45) is 0 Å². The van der Waals surface area contributed by atoms with Gasteiger partial charge in [0.05, 0.1) is 5.69 Å². The predicted octanol–water partition coefficient (Wildman–Crippen LogP) is 1.22. The third kappa shape index (κ3) is 1.05. The molecule has 0 saturated heterocycles. The summed E-state index contributed by atoms with van der Waals surface area (Å²) in [6.07, 6.45) is 0. The fraction of sp³-hybridized carbons (Fsp3) is 0.143. The Morgan fingerprint density at radius 3 is 2.33 bits per heavy atom. The largest absolute Gasteiger partial charge is 0.381 e. The van der Waals surface area contributed by atoms with E-state index in [9.17, 15) is 0 Å². The van der Waals surface area contributed by atoms with Crippen LogP contribution in [0.15, 0.2) is 21.2 Å². The first kappa shape index (κ1) is 6.90. The van der Waals surface area contributed by atoms with Crippen molar-refractivity contribution < 1.29 is 9.05 Å². The van der Waals surface area contributed by atoms with E-state index in [4.69, 9.17) is 14.8 Å². The van der Waals surface area contributed by atoms with Crippen LogP contribution in [0.2, 0.25) is 0 Å². The molecule has 2 N–H and O–H groups in total. The van der Waals surface area contributed by atoms with Crippen molar-refractivity contribution in [3.8, 4) is 11.5 Å². The molecule has 0 unspecified atom stereocenters. The first-order valence-corrected chi connectivity index (χ1v) is 3.41. The number of anilines is 1. The van der Waals surface area contributed by atoms with Gasteiger partial charge in [-0.1, -0.05) is 10.3 Å². The van der Waals surface area contributed by atoms with E-state index in [1.165, 1.54) is 0 Å². The van der Waals surface area contributed by atoms with Crippen molar-refractivity contribution in [3.63, 3.8) is 0 Å². The van der Waals surface area contributed by atoms with Crippen LogP contribution >= 0.6 is 0 Å². The van der Waals surface area contributed by atoms with Gasteiger partial charge in [-0.05, 0) is 6.92 Å². The third-order valence-corrected chi connectivity index (χ3v) is 1.40. The molecule has 0 aliphatic carbocycles. The maximum Gasteiger partial charge on any atom is 0.207 e. The SMILES string of the molecule is Cc1cc(-c2cc(N)no2)on1. The van der Waals surface area contributed by atoms with Crippen molar-refractivity contribution >= 4 is 5.82 Å². The lowest BCUT2D eigenvalue weighted by molar-refractivity contribution is 0.387. The van der Waals surface area contributed by atoms with E-state index in [0.29, 0.717) is 17.3 Å². The summed E-state index contributed by atoms with van der Waals surface area (Å²) in [4.78, 5) is 0. The van der Waals surface area contributed by atoms with E-state index in [1.807, 2.05) is 6.92 Å². The van der Waals surface area contributed by atoms with Crippen molar-refractivity contribution in [2.45, 2.75) is 6.92 Å². The van der Waals surface area contributed by atoms with Crippen LogP contribution in [0.4, 0.5) is 5.82 Å². The molecule has 5 nitrogen and oxygen atoms in total. The molecule has 62 valence electrons. The molecule has 2 aromatic heterocycles. The lowest BCUT2D eigenvalue weighted by atomic mass is 10.3. The van der Waals surface area contributed by atoms with Crippen LogP contribution in [0.25, 0.3) is 11.5 Å². The molecular formula is C7H7N3O2. The van der Waals surface area contributed by atoms with Crippen molar-refractivity contribution in [3.05, 3.63) is 17.8 Å². The number of nitrogens with zero attached hydrogens (tertiary/aromatic N) is 2. The summed E-state index contributed by atoms with van der Waals surface area (Å²) in [7, 11) is 0. The van der Waals surface area contributed by atoms with Gasteiger partial charge in [-0.3, -0.25) is 0 Å². The van der Waals surface area contributed by atoms with Crippen LogP contribution in [0.3, 0.4) is 0 Å². The van der Waals surface area contributed by atoms with Gasteiger partial charge in [-0.15, -0.1) is 0 Å². The quantitative estimate of drug-likeness (QED) is 0.687. The van der Waals surface area contributed by atoms with Crippen molar-refractivity contribution in [1.29, 1.82) is 0 Å². The number of hydrogen-bond donors (Lipinski definition) is 1. The molecule has 0 amide bonds. The zero-order chi connectivity index (χ0) is 8.55. The highest BCUT2D eigenvalue weighted by Crippen LogP contribution is 2.21. The Labute approximate surface area is 68.1 Å². The summed E-state index contributed by atoms with van der Waals surface area (Å²) in [6, 6.07) is 3.33. The second kappa shape index (κ2) is 2.37. The standard InChI is InChI=1S/C7H7N3O2/c1-4-2-5(11-9-4)6-3-7(8)10-12-6/h2-3H,1H3,(H2,8,10). The molecule has 2 heterocycles. The molecule has 0 bridgehead atoms. The molecule has 0 fully saturated rings. The van der Waals surface area contributed by atoms with Gasteiger partial charge in [0.15, 0.2) is 5.82 Å². The van der Waals surface area contributed by atoms with Gasteiger partial charge in [0.2, 0.25) is 11.5 Å². The van der Waals surface area contributed by atoms with Crippen LogP contribution in [0.1, 0.15) is 5.69 Å². The summed E-state index contributed by atoms with van der Waals surface area (Å²) >= 11 is 0. The Morgan fingerprint density at radius 1 is 1.17 bits per heavy atom. The maximum absolute atomic E-state index is 5.36. The molecule has 0 atom stereocenters. The topological polar surface area (TPSA) is 78.1 Å². The fourth-order valence-corrected chi connectivity index (χ4v) is 0.885. The van der Waals surface area contributed by atoms with Gasteiger partial charge < -0.3 is 14.8 Å². The van der Waals surface area contributed by atoms with Crippen molar-refractivity contribution in [1.82, 2.24) is 10.3 Å². The smallest absolute Gasteiger partial charge is 0.207 e. The second-order valence-electron chi connectivity index (χ2n) is 2.45. The zero-order valence-corrected chi connectivity index (χ0v) is 6.44. The van der Waals surface area contributed by atoms with E-state index in [2.05, 4.69) is 10.3 Å². The molecule has 2 rings (SSSR count). The molecule has 2 aromatic rings. The van der Waals surface area contributed by atoms with Crippen LogP contribution < -0.4 is 5.73 Å². The number of aromatic nitrogens is 2. The van der Waals surface area contributed by atoms with E-state index in [1.54, 1.807) is 12.1 Å². The third-order valence-electron chi connectivity index (χ3n) is 1.40. The lowest BCUT2D eigenvalue weighted by Crippen LogP contribution is -1.79. The molecule has 0 aromatic carbocycles.